The smallest absolute Gasteiger partial charge is 0.416 e. The van der Waals surface area contributed by atoms with Gasteiger partial charge in [0.25, 0.3) is 0 Å². The van der Waals surface area contributed by atoms with Gasteiger partial charge in [0.1, 0.15) is 16.9 Å². The normalized spacial score (nSPS) is 14.6. The summed E-state index contributed by atoms with van der Waals surface area (Å²) in [7, 11) is 3.25. The number of halogens is 3. The molecule has 4 rings (SSSR count). The Bertz CT molecular complexity index is 1390. The molecule has 3 heterocycles. The lowest BCUT2D eigenvalue weighted by molar-refractivity contribution is -0.137. The maximum absolute atomic E-state index is 13.4. The number of ether oxygens (including phenoxy) is 3. The van der Waals surface area contributed by atoms with E-state index < -0.39 is 17.3 Å². The first kappa shape index (κ1) is 27.4. The number of hydrogen-bond donors (Lipinski definition) is 0. The van der Waals surface area contributed by atoms with Crippen LogP contribution in [-0.2, 0) is 22.7 Å². The summed E-state index contributed by atoms with van der Waals surface area (Å²) in [6, 6.07) is 3.78. The highest BCUT2D eigenvalue weighted by atomic mass is 19.4. The molecule has 0 fully saturated rings. The molecule has 0 unspecified atom stereocenters. The third kappa shape index (κ3) is 5.77. The second kappa shape index (κ2) is 10.3. The summed E-state index contributed by atoms with van der Waals surface area (Å²) >= 11 is 0. The molecule has 2 aromatic heterocycles. The maximum atomic E-state index is 13.4. The lowest BCUT2D eigenvalue weighted by atomic mass is 9.99. The Balaban J connectivity index is 1.72. The Morgan fingerprint density at radius 3 is 2.53 bits per heavy atom. The highest BCUT2D eigenvalue weighted by molar-refractivity contribution is 5.93. The van der Waals surface area contributed by atoms with E-state index in [-0.39, 0.29) is 18.6 Å². The van der Waals surface area contributed by atoms with E-state index >= 15 is 0 Å². The largest absolute Gasteiger partial charge is 0.467 e. The third-order valence-corrected chi connectivity index (χ3v) is 6.10. The molecule has 11 heteroatoms. The van der Waals surface area contributed by atoms with E-state index in [2.05, 4.69) is 16.3 Å². The standard InChI is InChI=1S/C27H31F3N4O4/c1-16-10-18(27(28,29)30)11-22(37-15-36-6)23(16)20-12-21-24(32-31-20)19(14-33(21)5)17-8-7-9-34(13-17)25(35)38-26(2,3)4/h8,10-12,14H,7,9,13,15H2,1-6H3. The molecule has 8 nitrogen and oxygen atoms in total. The summed E-state index contributed by atoms with van der Waals surface area (Å²) in [5.41, 5.74) is 2.81. The predicted octanol–water partition coefficient (Wildman–Crippen LogP) is 5.97. The van der Waals surface area contributed by atoms with Crippen LogP contribution in [0, 0.1) is 6.92 Å². The molecular formula is C27H31F3N4O4. The number of carbonyl (C=O) groups is 1. The Morgan fingerprint density at radius 1 is 1.13 bits per heavy atom. The fraction of sp³-hybridized carbons (Fsp3) is 0.444. The SMILES string of the molecule is COCOc1cc(C(F)(F)F)cc(C)c1-c1cc2c(nn1)c(C1=CCCN(C(=O)OC(C)(C)C)C1)cn2C. The molecule has 1 amide bonds. The van der Waals surface area contributed by atoms with Crippen LogP contribution in [0.25, 0.3) is 27.9 Å². The first-order chi connectivity index (χ1) is 17.8. The van der Waals surface area contributed by atoms with Gasteiger partial charge in [-0.05, 0) is 63.5 Å². The molecular weight excluding hydrogens is 501 g/mol. The molecule has 204 valence electrons. The predicted molar refractivity (Wildman–Crippen MR) is 137 cm³/mol. The molecule has 1 aliphatic heterocycles. The summed E-state index contributed by atoms with van der Waals surface area (Å²) in [6.45, 7) is 7.75. The van der Waals surface area contributed by atoms with Gasteiger partial charge in [-0.15, -0.1) is 10.2 Å². The molecule has 38 heavy (non-hydrogen) atoms. The average molecular weight is 533 g/mol. The van der Waals surface area contributed by atoms with Crippen LogP contribution in [-0.4, -0.2) is 58.4 Å². The van der Waals surface area contributed by atoms with Gasteiger partial charge in [0.05, 0.1) is 16.8 Å². The molecule has 0 radical (unpaired) electrons. The van der Waals surface area contributed by atoms with E-state index in [1.165, 1.54) is 7.11 Å². The summed E-state index contributed by atoms with van der Waals surface area (Å²) in [5, 5.41) is 8.83. The van der Waals surface area contributed by atoms with Crippen LogP contribution in [0.4, 0.5) is 18.0 Å². The highest BCUT2D eigenvalue weighted by Crippen LogP contribution is 2.40. The zero-order chi connectivity index (χ0) is 27.8. The lowest BCUT2D eigenvalue weighted by Crippen LogP contribution is -2.39. The van der Waals surface area contributed by atoms with E-state index in [0.717, 1.165) is 28.8 Å². The van der Waals surface area contributed by atoms with Crippen LogP contribution in [0.15, 0.2) is 30.5 Å². The zero-order valence-electron chi connectivity index (χ0n) is 22.3. The lowest BCUT2D eigenvalue weighted by Gasteiger charge is -2.30. The number of benzene rings is 1. The number of hydrogen-bond acceptors (Lipinski definition) is 6. The summed E-state index contributed by atoms with van der Waals surface area (Å²) in [4.78, 5) is 14.3. The number of amides is 1. The van der Waals surface area contributed by atoms with Crippen molar-refractivity contribution in [3.05, 3.63) is 47.2 Å². The van der Waals surface area contributed by atoms with Gasteiger partial charge in [0.2, 0.25) is 0 Å². The molecule has 1 aliphatic rings. The highest BCUT2D eigenvalue weighted by Gasteiger charge is 2.33. The van der Waals surface area contributed by atoms with Crippen molar-refractivity contribution >= 4 is 22.7 Å². The molecule has 0 spiro atoms. The monoisotopic (exact) mass is 532 g/mol. The minimum atomic E-state index is -4.53. The second-order valence-corrected chi connectivity index (χ2v) is 10.3. The molecule has 0 aliphatic carbocycles. The topological polar surface area (TPSA) is 78.7 Å². The molecule has 0 atom stereocenters. The van der Waals surface area contributed by atoms with Crippen molar-refractivity contribution < 1.29 is 32.2 Å². The number of aryl methyl sites for hydroxylation is 2. The van der Waals surface area contributed by atoms with Crippen molar-refractivity contribution in [1.82, 2.24) is 19.7 Å². The Labute approximate surface area is 219 Å². The van der Waals surface area contributed by atoms with Gasteiger partial charge in [-0.25, -0.2) is 4.79 Å². The summed E-state index contributed by atoms with van der Waals surface area (Å²) < 4.78 is 58.2. The van der Waals surface area contributed by atoms with Gasteiger partial charge in [-0.3, -0.25) is 0 Å². The van der Waals surface area contributed by atoms with Crippen molar-refractivity contribution in [2.45, 2.75) is 45.9 Å². The van der Waals surface area contributed by atoms with Crippen LogP contribution in [0.5, 0.6) is 5.75 Å². The van der Waals surface area contributed by atoms with E-state index in [9.17, 15) is 18.0 Å². The first-order valence-electron chi connectivity index (χ1n) is 12.1. The molecule has 0 N–H and O–H groups in total. The third-order valence-electron chi connectivity index (χ3n) is 6.10. The van der Waals surface area contributed by atoms with Crippen LogP contribution >= 0.6 is 0 Å². The fourth-order valence-electron chi connectivity index (χ4n) is 4.43. The van der Waals surface area contributed by atoms with E-state index in [1.807, 2.05) is 38.6 Å². The molecule has 1 aromatic carbocycles. The minimum absolute atomic E-state index is 0.00486. The number of rotatable bonds is 5. The van der Waals surface area contributed by atoms with Crippen LogP contribution in [0.2, 0.25) is 0 Å². The Morgan fingerprint density at radius 2 is 1.87 bits per heavy atom. The summed E-state index contributed by atoms with van der Waals surface area (Å²) in [6.07, 6.45) is -0.255. The summed E-state index contributed by atoms with van der Waals surface area (Å²) in [5.74, 6) is 0.00486. The van der Waals surface area contributed by atoms with Gasteiger partial charge in [0.15, 0.2) is 6.79 Å². The van der Waals surface area contributed by atoms with Gasteiger partial charge in [0, 0.05) is 44.6 Å². The average Bonchev–Trinajstić information content (AvgIpc) is 3.16. The number of methoxy groups -OCH3 is 1. The second-order valence-electron chi connectivity index (χ2n) is 10.3. The Hall–Kier alpha value is -3.60. The van der Waals surface area contributed by atoms with E-state index in [1.54, 1.807) is 17.9 Å². The number of aromatic nitrogens is 3. The van der Waals surface area contributed by atoms with Crippen molar-refractivity contribution in [2.24, 2.45) is 7.05 Å². The quantitative estimate of drug-likeness (QED) is 0.377. The molecule has 3 aromatic rings. The molecule has 0 saturated carbocycles. The van der Waals surface area contributed by atoms with Crippen LogP contribution < -0.4 is 4.74 Å². The zero-order valence-corrected chi connectivity index (χ0v) is 22.3. The fourth-order valence-corrected chi connectivity index (χ4v) is 4.43. The van der Waals surface area contributed by atoms with Crippen molar-refractivity contribution in [1.29, 1.82) is 0 Å². The van der Waals surface area contributed by atoms with Crippen molar-refractivity contribution in [3.63, 3.8) is 0 Å². The first-order valence-corrected chi connectivity index (χ1v) is 12.1. The van der Waals surface area contributed by atoms with Gasteiger partial charge >= 0.3 is 12.3 Å². The van der Waals surface area contributed by atoms with Gasteiger partial charge < -0.3 is 23.7 Å². The maximum Gasteiger partial charge on any atom is 0.416 e. The van der Waals surface area contributed by atoms with Crippen molar-refractivity contribution in [3.8, 4) is 17.0 Å². The Kier molecular flexibility index (Phi) is 7.42. The van der Waals surface area contributed by atoms with Crippen LogP contribution in [0.1, 0.15) is 43.9 Å². The number of alkyl halides is 3. The van der Waals surface area contributed by atoms with E-state index in [4.69, 9.17) is 14.2 Å². The molecule has 0 saturated heterocycles. The number of fused-ring (bicyclic) bond motifs is 1. The van der Waals surface area contributed by atoms with Gasteiger partial charge in [-0.1, -0.05) is 6.08 Å². The molecule has 0 bridgehead atoms. The van der Waals surface area contributed by atoms with Crippen LogP contribution in [0.3, 0.4) is 0 Å². The minimum Gasteiger partial charge on any atom is -0.467 e. The van der Waals surface area contributed by atoms with E-state index in [0.29, 0.717) is 41.8 Å². The number of nitrogens with zero attached hydrogens (tertiary/aromatic N) is 4. The van der Waals surface area contributed by atoms with Crippen molar-refractivity contribution in [2.75, 3.05) is 27.0 Å². The number of carbonyl (C=O) groups excluding carboxylic acids is 1. The van der Waals surface area contributed by atoms with Gasteiger partial charge in [-0.2, -0.15) is 13.2 Å².